The molecular formula is C25H23BrFN5O5S4. The van der Waals surface area contributed by atoms with Crippen LogP contribution in [-0.4, -0.2) is 58.5 Å². The number of anilines is 1. The summed E-state index contributed by atoms with van der Waals surface area (Å²) in [6.45, 7) is -0.00164. The molecule has 0 atom stereocenters. The molecule has 0 aliphatic carbocycles. The SMILES string of the molecule is CSc1sc(C(=N)N)cc1S(=O)(=O)c1cc(Br)c2ncn(Cc3cc(NC(=O)CSCCC(=O)O)ccc3F)c2c1. The number of fused-ring (bicyclic) bond motifs is 1. The predicted molar refractivity (Wildman–Crippen MR) is 164 cm³/mol. The maximum Gasteiger partial charge on any atom is 0.304 e. The van der Waals surface area contributed by atoms with Gasteiger partial charge in [-0.25, -0.2) is 17.8 Å². The third-order valence-corrected chi connectivity index (χ3v) is 11.6. The molecule has 0 aliphatic heterocycles. The number of rotatable bonds is 12. The molecule has 4 rings (SSSR count). The molecule has 4 aromatic rings. The van der Waals surface area contributed by atoms with E-state index in [9.17, 15) is 22.4 Å². The number of aliphatic carboxylic acids is 1. The minimum absolute atomic E-state index is 0.00164. The summed E-state index contributed by atoms with van der Waals surface area (Å²) in [4.78, 5) is 27.6. The predicted octanol–water partition coefficient (Wildman–Crippen LogP) is 5.03. The zero-order valence-corrected chi connectivity index (χ0v) is 26.2. The fourth-order valence-corrected chi connectivity index (χ4v) is 9.13. The summed E-state index contributed by atoms with van der Waals surface area (Å²) >= 11 is 6.96. The second kappa shape index (κ2) is 12.9. The summed E-state index contributed by atoms with van der Waals surface area (Å²) in [6.07, 6.45) is 3.16. The summed E-state index contributed by atoms with van der Waals surface area (Å²) in [7, 11) is -4.01. The Labute approximate surface area is 255 Å². The van der Waals surface area contributed by atoms with Gasteiger partial charge in [0, 0.05) is 21.5 Å². The zero-order chi connectivity index (χ0) is 29.9. The quantitative estimate of drug-likeness (QED) is 0.0686. The van der Waals surface area contributed by atoms with Crippen LogP contribution in [0, 0.1) is 11.2 Å². The molecule has 2 aromatic carbocycles. The number of hydrogen-bond donors (Lipinski definition) is 4. The van der Waals surface area contributed by atoms with Crippen molar-refractivity contribution in [1.82, 2.24) is 9.55 Å². The minimum Gasteiger partial charge on any atom is -0.481 e. The lowest BCUT2D eigenvalue weighted by molar-refractivity contribution is -0.136. The Hall–Kier alpha value is -2.92. The smallest absolute Gasteiger partial charge is 0.304 e. The van der Waals surface area contributed by atoms with E-state index in [1.807, 2.05) is 0 Å². The number of amidine groups is 1. The summed E-state index contributed by atoms with van der Waals surface area (Å²) < 4.78 is 44.7. The third kappa shape index (κ3) is 7.12. The molecule has 0 spiro atoms. The van der Waals surface area contributed by atoms with E-state index in [1.54, 1.807) is 10.8 Å². The normalized spacial score (nSPS) is 11.6. The van der Waals surface area contributed by atoms with E-state index in [-0.39, 0.29) is 45.8 Å². The Kier molecular flexibility index (Phi) is 9.79. The van der Waals surface area contributed by atoms with Crippen LogP contribution < -0.4 is 11.1 Å². The number of hydrogen-bond acceptors (Lipinski definition) is 9. The first-order chi connectivity index (χ1) is 19.4. The van der Waals surface area contributed by atoms with Gasteiger partial charge in [-0.1, -0.05) is 0 Å². The van der Waals surface area contributed by atoms with E-state index in [2.05, 4.69) is 26.2 Å². The first-order valence-corrected chi connectivity index (χ1v) is 17.2. The molecule has 0 unspecified atom stereocenters. The average molecular weight is 701 g/mol. The molecule has 216 valence electrons. The van der Waals surface area contributed by atoms with E-state index in [0.717, 1.165) is 11.3 Å². The number of carbonyl (C=O) groups excluding carboxylic acids is 1. The van der Waals surface area contributed by atoms with Crippen molar-refractivity contribution in [1.29, 1.82) is 5.41 Å². The molecule has 2 aromatic heterocycles. The standard InChI is InChI=1S/C25H23BrFN5O5S4/c1-38-25-20(9-19(40-25)24(28)29)41(36,37)15-7-16(26)23-18(8-15)32(12-30-23)10-13-6-14(2-3-17(13)27)31-21(33)11-39-5-4-22(34)35/h2-3,6-9,12H,4-5,10-11H2,1H3,(H3,28,29)(H,31,33)(H,34,35). The second-order valence-corrected chi connectivity index (χ2v) is 14.6. The molecule has 1 amide bonds. The van der Waals surface area contributed by atoms with Crippen molar-refractivity contribution in [2.24, 2.45) is 5.73 Å². The highest BCUT2D eigenvalue weighted by Crippen LogP contribution is 2.38. The molecule has 5 N–H and O–H groups in total. The van der Waals surface area contributed by atoms with E-state index < -0.39 is 21.6 Å². The van der Waals surface area contributed by atoms with Crippen molar-refractivity contribution in [3.05, 3.63) is 63.5 Å². The number of amides is 1. The number of benzene rings is 2. The van der Waals surface area contributed by atoms with Crippen LogP contribution >= 0.6 is 50.8 Å². The Bertz CT molecular complexity index is 1770. The van der Waals surface area contributed by atoms with Gasteiger partial charge in [-0.05, 0) is 58.6 Å². The van der Waals surface area contributed by atoms with E-state index in [1.165, 1.54) is 66.2 Å². The molecule has 0 fully saturated rings. The van der Waals surface area contributed by atoms with Gasteiger partial charge < -0.3 is 20.7 Å². The Morgan fingerprint density at radius 3 is 2.71 bits per heavy atom. The van der Waals surface area contributed by atoms with Crippen LogP contribution in [0.5, 0.6) is 0 Å². The fraction of sp³-hybridized carbons (Fsp3) is 0.200. The van der Waals surface area contributed by atoms with Crippen molar-refractivity contribution in [2.75, 3.05) is 23.1 Å². The van der Waals surface area contributed by atoms with Crippen molar-refractivity contribution in [3.63, 3.8) is 0 Å². The van der Waals surface area contributed by atoms with Crippen LogP contribution in [0.3, 0.4) is 0 Å². The average Bonchev–Trinajstić information content (AvgIpc) is 3.54. The maximum atomic E-state index is 14.8. The molecule has 0 saturated carbocycles. The molecule has 0 radical (unpaired) electrons. The van der Waals surface area contributed by atoms with Gasteiger partial charge in [-0.15, -0.1) is 23.1 Å². The summed E-state index contributed by atoms with van der Waals surface area (Å²) in [5.74, 6) is -1.70. The Morgan fingerprint density at radius 2 is 2.02 bits per heavy atom. The van der Waals surface area contributed by atoms with Gasteiger partial charge in [0.25, 0.3) is 0 Å². The molecule has 0 saturated heterocycles. The molecule has 0 bridgehead atoms. The van der Waals surface area contributed by atoms with E-state index in [0.29, 0.717) is 36.0 Å². The number of carbonyl (C=O) groups is 2. The lowest BCUT2D eigenvalue weighted by Gasteiger charge is -2.11. The first kappa shape index (κ1) is 31.0. The van der Waals surface area contributed by atoms with Crippen molar-refractivity contribution in [2.45, 2.75) is 27.0 Å². The number of nitrogens with one attached hydrogen (secondary N) is 2. The Balaban J connectivity index is 1.62. The Morgan fingerprint density at radius 1 is 1.27 bits per heavy atom. The number of nitrogens with zero attached hydrogens (tertiary/aromatic N) is 2. The number of halogens is 2. The highest BCUT2D eigenvalue weighted by atomic mass is 79.9. The van der Waals surface area contributed by atoms with Gasteiger partial charge in [0.15, 0.2) is 0 Å². The van der Waals surface area contributed by atoms with Gasteiger partial charge >= 0.3 is 5.97 Å². The highest BCUT2D eigenvalue weighted by molar-refractivity contribution is 9.10. The van der Waals surface area contributed by atoms with Crippen molar-refractivity contribution >= 4 is 95.1 Å². The number of sulfone groups is 1. The van der Waals surface area contributed by atoms with Crippen LogP contribution in [0.2, 0.25) is 0 Å². The van der Waals surface area contributed by atoms with Crippen LogP contribution in [0.15, 0.2) is 61.2 Å². The van der Waals surface area contributed by atoms with Crippen LogP contribution in [-0.2, 0) is 26.0 Å². The number of thioether (sulfide) groups is 2. The van der Waals surface area contributed by atoms with Gasteiger partial charge in [-0.2, -0.15) is 11.8 Å². The minimum atomic E-state index is -4.01. The van der Waals surface area contributed by atoms with Crippen LogP contribution in [0.4, 0.5) is 10.1 Å². The number of carboxylic acids is 1. The highest BCUT2D eigenvalue weighted by Gasteiger charge is 2.26. The molecule has 16 heteroatoms. The monoisotopic (exact) mass is 699 g/mol. The van der Waals surface area contributed by atoms with Crippen LogP contribution in [0.1, 0.15) is 16.9 Å². The summed E-state index contributed by atoms with van der Waals surface area (Å²) in [5.41, 5.74) is 7.11. The van der Waals surface area contributed by atoms with Crippen LogP contribution in [0.25, 0.3) is 11.0 Å². The first-order valence-electron chi connectivity index (χ1n) is 11.7. The maximum absolute atomic E-state index is 14.8. The lowest BCUT2D eigenvalue weighted by atomic mass is 10.1. The number of imidazole rings is 1. The number of nitrogen functional groups attached to an aromatic ring is 1. The molecule has 41 heavy (non-hydrogen) atoms. The van der Waals surface area contributed by atoms with Crippen molar-refractivity contribution < 1.29 is 27.5 Å². The van der Waals surface area contributed by atoms with E-state index >= 15 is 0 Å². The molecule has 10 nitrogen and oxygen atoms in total. The third-order valence-electron chi connectivity index (χ3n) is 5.73. The lowest BCUT2D eigenvalue weighted by Crippen LogP contribution is -2.15. The fourth-order valence-electron chi connectivity index (χ4n) is 3.80. The van der Waals surface area contributed by atoms with E-state index in [4.69, 9.17) is 16.2 Å². The van der Waals surface area contributed by atoms with Gasteiger partial charge in [0.2, 0.25) is 15.7 Å². The molecule has 0 aliphatic rings. The number of carboxylic acid groups (broad SMARTS) is 1. The van der Waals surface area contributed by atoms with Gasteiger partial charge in [0.05, 0.1) is 49.4 Å². The number of thiophene rings is 1. The zero-order valence-electron chi connectivity index (χ0n) is 21.3. The van der Waals surface area contributed by atoms with Gasteiger partial charge in [0.1, 0.15) is 17.2 Å². The largest absolute Gasteiger partial charge is 0.481 e. The van der Waals surface area contributed by atoms with Gasteiger partial charge in [-0.3, -0.25) is 15.0 Å². The molecular weight excluding hydrogens is 677 g/mol. The van der Waals surface area contributed by atoms with Crippen molar-refractivity contribution in [3.8, 4) is 0 Å². The molecule has 2 heterocycles. The summed E-state index contributed by atoms with van der Waals surface area (Å²) in [5, 5.41) is 19.1. The topological polar surface area (TPSA) is 168 Å². The second-order valence-electron chi connectivity index (χ2n) is 8.58. The number of nitrogens with two attached hydrogens (primary N) is 1. The number of aromatic nitrogens is 2. The summed E-state index contributed by atoms with van der Waals surface area (Å²) in [6, 6.07) is 8.44.